The second-order valence-corrected chi connectivity index (χ2v) is 5.87. The molecule has 1 atom stereocenters. The van der Waals surface area contributed by atoms with Crippen LogP contribution in [0.3, 0.4) is 0 Å². The van der Waals surface area contributed by atoms with Crippen LogP contribution in [0.5, 0.6) is 0 Å². The molecule has 0 spiro atoms. The first kappa shape index (κ1) is 14.9. The van der Waals surface area contributed by atoms with Crippen molar-refractivity contribution in [2.45, 2.75) is 64.5 Å². The highest BCUT2D eigenvalue weighted by Gasteiger charge is 2.23. The van der Waals surface area contributed by atoms with E-state index in [1.807, 2.05) is 24.3 Å². The molecule has 0 bridgehead atoms. The number of hydrogen-bond acceptors (Lipinski definition) is 2. The molecular formula is C17H26N2O. The minimum absolute atomic E-state index is 0.0510. The van der Waals surface area contributed by atoms with Gasteiger partial charge in [0.1, 0.15) is 0 Å². The first-order valence-electron chi connectivity index (χ1n) is 7.86. The van der Waals surface area contributed by atoms with Gasteiger partial charge in [-0.2, -0.15) is 0 Å². The molecule has 0 aliphatic heterocycles. The Kier molecular flexibility index (Phi) is 5.45. The van der Waals surface area contributed by atoms with E-state index in [9.17, 15) is 4.79 Å². The third-order valence-electron chi connectivity index (χ3n) is 3.71. The maximum atomic E-state index is 11.9. The summed E-state index contributed by atoms with van der Waals surface area (Å²) in [5, 5.41) is 6.49. The Morgan fingerprint density at radius 1 is 1.25 bits per heavy atom. The van der Waals surface area contributed by atoms with E-state index in [1.54, 1.807) is 0 Å². The Hall–Kier alpha value is -1.51. The number of amides is 1. The van der Waals surface area contributed by atoms with Gasteiger partial charge in [0.2, 0.25) is 0 Å². The van der Waals surface area contributed by atoms with Crippen LogP contribution in [-0.4, -0.2) is 18.0 Å². The smallest absolute Gasteiger partial charge is 0.251 e. The standard InChI is InChI=1S/C17H26N2O/c1-3-4-5-6-13(2)18-15-9-7-14(8-10-15)17(20)19-16-11-12-16/h7-10,13,16,18H,3-6,11-12H2,1-2H3,(H,19,20). The zero-order valence-corrected chi connectivity index (χ0v) is 12.6. The second-order valence-electron chi connectivity index (χ2n) is 5.87. The summed E-state index contributed by atoms with van der Waals surface area (Å²) in [4.78, 5) is 11.9. The van der Waals surface area contributed by atoms with E-state index in [-0.39, 0.29) is 5.91 Å². The lowest BCUT2D eigenvalue weighted by Crippen LogP contribution is -2.25. The van der Waals surface area contributed by atoms with Crippen molar-refractivity contribution in [3.63, 3.8) is 0 Å². The summed E-state index contributed by atoms with van der Waals surface area (Å²) in [6, 6.07) is 8.69. The summed E-state index contributed by atoms with van der Waals surface area (Å²) in [6.45, 7) is 4.44. The molecule has 1 aromatic rings. The zero-order chi connectivity index (χ0) is 14.4. The van der Waals surface area contributed by atoms with E-state index in [1.165, 1.54) is 25.7 Å². The summed E-state index contributed by atoms with van der Waals surface area (Å²) in [5.41, 5.74) is 1.85. The molecule has 1 saturated carbocycles. The lowest BCUT2D eigenvalue weighted by Gasteiger charge is -2.15. The van der Waals surface area contributed by atoms with Gasteiger partial charge in [-0.15, -0.1) is 0 Å². The van der Waals surface area contributed by atoms with Crippen molar-refractivity contribution >= 4 is 11.6 Å². The largest absolute Gasteiger partial charge is 0.383 e. The number of nitrogens with one attached hydrogen (secondary N) is 2. The summed E-state index contributed by atoms with van der Waals surface area (Å²) >= 11 is 0. The summed E-state index contributed by atoms with van der Waals surface area (Å²) < 4.78 is 0. The van der Waals surface area contributed by atoms with Crippen molar-refractivity contribution in [3.8, 4) is 0 Å². The van der Waals surface area contributed by atoms with Gasteiger partial charge in [-0.25, -0.2) is 0 Å². The van der Waals surface area contributed by atoms with Crippen molar-refractivity contribution in [2.24, 2.45) is 0 Å². The molecule has 1 aliphatic carbocycles. The minimum Gasteiger partial charge on any atom is -0.383 e. The topological polar surface area (TPSA) is 41.1 Å². The third-order valence-corrected chi connectivity index (χ3v) is 3.71. The van der Waals surface area contributed by atoms with Gasteiger partial charge in [-0.1, -0.05) is 26.2 Å². The highest BCUT2D eigenvalue weighted by molar-refractivity contribution is 5.94. The van der Waals surface area contributed by atoms with Gasteiger partial charge in [0, 0.05) is 23.3 Å². The van der Waals surface area contributed by atoms with Crippen molar-refractivity contribution < 1.29 is 4.79 Å². The molecule has 110 valence electrons. The van der Waals surface area contributed by atoms with Crippen LogP contribution in [0.1, 0.15) is 62.7 Å². The van der Waals surface area contributed by atoms with E-state index in [2.05, 4.69) is 24.5 Å². The van der Waals surface area contributed by atoms with Gasteiger partial charge < -0.3 is 10.6 Å². The Morgan fingerprint density at radius 2 is 1.95 bits per heavy atom. The number of rotatable bonds is 8. The first-order valence-corrected chi connectivity index (χ1v) is 7.86. The normalized spacial score (nSPS) is 15.7. The highest BCUT2D eigenvalue weighted by atomic mass is 16.1. The first-order chi connectivity index (χ1) is 9.69. The van der Waals surface area contributed by atoms with Crippen LogP contribution in [0.4, 0.5) is 5.69 Å². The number of benzene rings is 1. The quantitative estimate of drug-likeness (QED) is 0.704. The van der Waals surface area contributed by atoms with E-state index < -0.39 is 0 Å². The van der Waals surface area contributed by atoms with Crippen LogP contribution in [0.2, 0.25) is 0 Å². The average Bonchev–Trinajstić information content (AvgIpc) is 3.24. The molecule has 3 nitrogen and oxygen atoms in total. The Balaban J connectivity index is 1.79. The summed E-state index contributed by atoms with van der Waals surface area (Å²) in [6.07, 6.45) is 7.27. The molecule has 0 heterocycles. The molecule has 2 N–H and O–H groups in total. The Bertz CT molecular complexity index is 423. The maximum absolute atomic E-state index is 11.9. The fourth-order valence-electron chi connectivity index (χ4n) is 2.27. The lowest BCUT2D eigenvalue weighted by atomic mass is 10.1. The summed E-state index contributed by atoms with van der Waals surface area (Å²) in [5.74, 6) is 0.0510. The third kappa shape index (κ3) is 4.87. The van der Waals surface area contributed by atoms with Crippen molar-refractivity contribution in [3.05, 3.63) is 29.8 Å². The molecule has 2 rings (SSSR count). The van der Waals surface area contributed by atoms with E-state index in [0.717, 1.165) is 24.1 Å². The van der Waals surface area contributed by atoms with Crippen molar-refractivity contribution in [2.75, 3.05) is 5.32 Å². The number of unbranched alkanes of at least 4 members (excludes halogenated alkanes) is 2. The molecule has 0 saturated heterocycles. The Morgan fingerprint density at radius 3 is 2.55 bits per heavy atom. The fraction of sp³-hybridized carbons (Fsp3) is 0.588. The van der Waals surface area contributed by atoms with Gasteiger partial charge in [-0.3, -0.25) is 4.79 Å². The average molecular weight is 274 g/mol. The lowest BCUT2D eigenvalue weighted by molar-refractivity contribution is 0.0951. The predicted molar refractivity (Wildman–Crippen MR) is 84.2 cm³/mol. The van der Waals surface area contributed by atoms with E-state index in [0.29, 0.717) is 12.1 Å². The minimum atomic E-state index is 0.0510. The van der Waals surface area contributed by atoms with E-state index >= 15 is 0 Å². The van der Waals surface area contributed by atoms with Crippen LogP contribution in [0.15, 0.2) is 24.3 Å². The fourth-order valence-corrected chi connectivity index (χ4v) is 2.27. The molecule has 3 heteroatoms. The molecule has 1 fully saturated rings. The number of carbonyl (C=O) groups is 1. The Labute approximate surface area is 122 Å². The zero-order valence-electron chi connectivity index (χ0n) is 12.6. The second kappa shape index (κ2) is 7.32. The van der Waals surface area contributed by atoms with Crippen molar-refractivity contribution in [1.29, 1.82) is 0 Å². The maximum Gasteiger partial charge on any atom is 0.251 e. The van der Waals surface area contributed by atoms with Crippen LogP contribution in [0.25, 0.3) is 0 Å². The number of hydrogen-bond donors (Lipinski definition) is 2. The predicted octanol–water partition coefficient (Wildman–Crippen LogP) is 3.96. The summed E-state index contributed by atoms with van der Waals surface area (Å²) in [7, 11) is 0. The van der Waals surface area contributed by atoms with Gasteiger partial charge >= 0.3 is 0 Å². The van der Waals surface area contributed by atoms with Crippen LogP contribution in [0, 0.1) is 0 Å². The highest BCUT2D eigenvalue weighted by Crippen LogP contribution is 2.20. The molecule has 1 aliphatic rings. The molecular weight excluding hydrogens is 248 g/mol. The van der Waals surface area contributed by atoms with Gasteiger partial charge in [0.25, 0.3) is 5.91 Å². The van der Waals surface area contributed by atoms with Gasteiger partial charge in [0.15, 0.2) is 0 Å². The SMILES string of the molecule is CCCCCC(C)Nc1ccc(C(=O)NC2CC2)cc1. The van der Waals surface area contributed by atoms with Gasteiger partial charge in [0.05, 0.1) is 0 Å². The monoisotopic (exact) mass is 274 g/mol. The molecule has 20 heavy (non-hydrogen) atoms. The molecule has 0 radical (unpaired) electrons. The van der Waals surface area contributed by atoms with Gasteiger partial charge in [-0.05, 0) is 50.5 Å². The van der Waals surface area contributed by atoms with Crippen LogP contribution < -0.4 is 10.6 Å². The van der Waals surface area contributed by atoms with Crippen molar-refractivity contribution in [1.82, 2.24) is 5.32 Å². The molecule has 1 unspecified atom stereocenters. The van der Waals surface area contributed by atoms with E-state index in [4.69, 9.17) is 0 Å². The molecule has 0 aromatic heterocycles. The van der Waals surface area contributed by atoms with Crippen LogP contribution in [-0.2, 0) is 0 Å². The number of anilines is 1. The number of carbonyl (C=O) groups excluding carboxylic acids is 1. The van der Waals surface area contributed by atoms with Crippen LogP contribution >= 0.6 is 0 Å². The molecule has 1 aromatic carbocycles. The molecule has 1 amide bonds.